The van der Waals surface area contributed by atoms with E-state index in [1.807, 2.05) is 38.1 Å². The van der Waals surface area contributed by atoms with Crippen molar-refractivity contribution in [3.8, 4) is 5.69 Å². The van der Waals surface area contributed by atoms with Crippen LogP contribution in [0, 0.1) is 6.92 Å². The molecule has 1 unspecified atom stereocenters. The number of halogens is 1. The third-order valence-electron chi connectivity index (χ3n) is 3.62. The number of hydrogen-bond donors (Lipinski definition) is 1. The Morgan fingerprint density at radius 3 is 2.86 bits per heavy atom. The van der Waals surface area contributed by atoms with Crippen LogP contribution in [-0.2, 0) is 0 Å². The van der Waals surface area contributed by atoms with Gasteiger partial charge in [0.25, 0.3) is 5.91 Å². The first-order valence-corrected chi connectivity index (χ1v) is 7.52. The highest BCUT2D eigenvalue weighted by molar-refractivity contribution is 9.10. The monoisotopic (exact) mass is 350 g/mol. The Bertz CT molecular complexity index is 653. The Morgan fingerprint density at radius 1 is 1.52 bits per heavy atom. The molecule has 2 aromatic rings. The molecule has 0 fully saturated rings. The van der Waals surface area contributed by atoms with Crippen molar-refractivity contribution >= 4 is 21.8 Å². The van der Waals surface area contributed by atoms with Crippen LogP contribution in [0.2, 0.25) is 0 Å². The van der Waals surface area contributed by atoms with Crippen molar-refractivity contribution in [3.05, 3.63) is 46.2 Å². The molecule has 112 valence electrons. The molecule has 1 amide bonds. The minimum Gasteiger partial charge on any atom is -0.338 e. The molecule has 21 heavy (non-hydrogen) atoms. The van der Waals surface area contributed by atoms with E-state index in [0.29, 0.717) is 12.1 Å². The maximum Gasteiger partial charge on any atom is 0.257 e. The normalized spacial score (nSPS) is 12.2. The highest BCUT2D eigenvalue weighted by Gasteiger charge is 2.21. The van der Waals surface area contributed by atoms with Gasteiger partial charge >= 0.3 is 0 Å². The van der Waals surface area contributed by atoms with E-state index < -0.39 is 0 Å². The standard InChI is InChI=1S/C15H19BrN4O/c1-10(8-17)19(3)15(21)14-9-18-20(11(14)2)13-6-4-5-12(16)7-13/h4-7,9-10H,8,17H2,1-3H3. The molecule has 1 heterocycles. The van der Waals surface area contributed by atoms with Gasteiger partial charge in [-0.25, -0.2) is 4.68 Å². The molecule has 0 bridgehead atoms. The summed E-state index contributed by atoms with van der Waals surface area (Å²) in [6.07, 6.45) is 1.61. The second-order valence-corrected chi connectivity index (χ2v) is 5.95. The fourth-order valence-electron chi connectivity index (χ4n) is 2.04. The van der Waals surface area contributed by atoms with Crippen molar-refractivity contribution in [3.63, 3.8) is 0 Å². The predicted octanol–water partition coefficient (Wildman–Crippen LogP) is 2.36. The number of hydrogen-bond acceptors (Lipinski definition) is 3. The fourth-order valence-corrected chi connectivity index (χ4v) is 2.42. The molecule has 1 atom stereocenters. The van der Waals surface area contributed by atoms with E-state index >= 15 is 0 Å². The van der Waals surface area contributed by atoms with Gasteiger partial charge in [-0.05, 0) is 32.0 Å². The first kappa shape index (κ1) is 15.7. The van der Waals surface area contributed by atoms with E-state index in [9.17, 15) is 4.79 Å². The van der Waals surface area contributed by atoms with E-state index in [0.717, 1.165) is 15.9 Å². The van der Waals surface area contributed by atoms with Crippen molar-refractivity contribution in [1.29, 1.82) is 0 Å². The second kappa shape index (κ2) is 6.41. The summed E-state index contributed by atoms with van der Waals surface area (Å²) in [7, 11) is 1.76. The Hall–Kier alpha value is -1.66. The topological polar surface area (TPSA) is 64.2 Å². The van der Waals surface area contributed by atoms with Gasteiger partial charge in [-0.2, -0.15) is 5.10 Å². The number of likely N-dealkylation sites (N-methyl/N-ethyl adjacent to an activating group) is 1. The van der Waals surface area contributed by atoms with E-state index in [1.165, 1.54) is 0 Å². The van der Waals surface area contributed by atoms with Crippen LogP contribution in [0.3, 0.4) is 0 Å². The summed E-state index contributed by atoms with van der Waals surface area (Å²) in [4.78, 5) is 14.1. The lowest BCUT2D eigenvalue weighted by Gasteiger charge is -2.23. The minimum atomic E-state index is -0.0632. The molecule has 0 saturated heterocycles. The lowest BCUT2D eigenvalue weighted by atomic mass is 10.2. The molecule has 0 spiro atoms. The molecule has 0 aliphatic carbocycles. The Balaban J connectivity index is 2.35. The van der Waals surface area contributed by atoms with Gasteiger partial charge in [0.05, 0.1) is 23.1 Å². The molecule has 1 aromatic carbocycles. The molecule has 0 aliphatic heterocycles. The van der Waals surface area contributed by atoms with Gasteiger partial charge in [-0.15, -0.1) is 0 Å². The number of nitrogens with two attached hydrogens (primary N) is 1. The number of rotatable bonds is 4. The van der Waals surface area contributed by atoms with Crippen molar-refractivity contribution < 1.29 is 4.79 Å². The van der Waals surface area contributed by atoms with Crippen LogP contribution in [0.25, 0.3) is 5.69 Å². The van der Waals surface area contributed by atoms with Crippen LogP contribution in [0.15, 0.2) is 34.9 Å². The SMILES string of the molecule is Cc1c(C(=O)N(C)C(C)CN)cnn1-c1cccc(Br)c1. The molecule has 6 heteroatoms. The van der Waals surface area contributed by atoms with Crippen LogP contribution < -0.4 is 5.73 Å². The number of carbonyl (C=O) groups excluding carboxylic acids is 1. The van der Waals surface area contributed by atoms with Gasteiger partial charge in [0.15, 0.2) is 0 Å². The van der Waals surface area contributed by atoms with E-state index in [-0.39, 0.29) is 11.9 Å². The number of benzene rings is 1. The minimum absolute atomic E-state index is 0.00822. The van der Waals surface area contributed by atoms with Gasteiger partial charge in [0.1, 0.15) is 0 Å². The van der Waals surface area contributed by atoms with Gasteiger partial charge in [-0.1, -0.05) is 22.0 Å². The highest BCUT2D eigenvalue weighted by Crippen LogP contribution is 2.19. The zero-order chi connectivity index (χ0) is 15.6. The maximum absolute atomic E-state index is 12.5. The summed E-state index contributed by atoms with van der Waals surface area (Å²) in [5.74, 6) is -0.0632. The summed E-state index contributed by atoms with van der Waals surface area (Å²) in [6.45, 7) is 4.25. The van der Waals surface area contributed by atoms with Crippen molar-refractivity contribution in [1.82, 2.24) is 14.7 Å². The van der Waals surface area contributed by atoms with Crippen LogP contribution in [0.4, 0.5) is 0 Å². The molecule has 2 rings (SSSR count). The quantitative estimate of drug-likeness (QED) is 0.920. The Kier molecular flexibility index (Phi) is 4.80. The second-order valence-electron chi connectivity index (χ2n) is 5.04. The molecular formula is C15H19BrN4O. The summed E-state index contributed by atoms with van der Waals surface area (Å²) in [6, 6.07) is 7.78. The lowest BCUT2D eigenvalue weighted by molar-refractivity contribution is 0.0747. The lowest BCUT2D eigenvalue weighted by Crippen LogP contribution is -2.39. The van der Waals surface area contributed by atoms with E-state index in [4.69, 9.17) is 5.73 Å². The molecule has 5 nitrogen and oxygen atoms in total. The summed E-state index contributed by atoms with van der Waals surface area (Å²) in [5, 5.41) is 4.33. The molecule has 0 aliphatic rings. The van der Waals surface area contributed by atoms with Crippen LogP contribution in [0.5, 0.6) is 0 Å². The molecule has 1 aromatic heterocycles. The molecule has 2 N–H and O–H groups in total. The van der Waals surface area contributed by atoms with Crippen molar-refractivity contribution in [2.75, 3.05) is 13.6 Å². The summed E-state index contributed by atoms with van der Waals surface area (Å²) < 4.78 is 2.73. The van der Waals surface area contributed by atoms with Crippen molar-refractivity contribution in [2.45, 2.75) is 19.9 Å². The molecule has 0 saturated carbocycles. The molecular weight excluding hydrogens is 332 g/mol. The van der Waals surface area contributed by atoms with Gasteiger partial charge in [0, 0.05) is 24.1 Å². The van der Waals surface area contributed by atoms with Gasteiger partial charge < -0.3 is 10.6 Å². The van der Waals surface area contributed by atoms with Crippen LogP contribution in [0.1, 0.15) is 23.0 Å². The first-order valence-electron chi connectivity index (χ1n) is 6.73. The number of aromatic nitrogens is 2. The zero-order valence-electron chi connectivity index (χ0n) is 12.4. The fraction of sp³-hybridized carbons (Fsp3) is 0.333. The smallest absolute Gasteiger partial charge is 0.257 e. The van der Waals surface area contributed by atoms with Gasteiger partial charge in [-0.3, -0.25) is 4.79 Å². The van der Waals surface area contributed by atoms with Gasteiger partial charge in [0.2, 0.25) is 0 Å². The largest absolute Gasteiger partial charge is 0.338 e. The van der Waals surface area contributed by atoms with E-state index in [1.54, 1.807) is 22.8 Å². The Morgan fingerprint density at radius 2 is 2.24 bits per heavy atom. The third kappa shape index (κ3) is 3.16. The van der Waals surface area contributed by atoms with Crippen LogP contribution in [-0.4, -0.2) is 40.2 Å². The maximum atomic E-state index is 12.5. The Labute approximate surface area is 132 Å². The highest BCUT2D eigenvalue weighted by atomic mass is 79.9. The number of nitrogens with zero attached hydrogens (tertiary/aromatic N) is 3. The van der Waals surface area contributed by atoms with E-state index in [2.05, 4.69) is 21.0 Å². The number of amides is 1. The average molecular weight is 351 g/mol. The third-order valence-corrected chi connectivity index (χ3v) is 4.11. The molecule has 0 radical (unpaired) electrons. The first-order chi connectivity index (χ1) is 9.95. The summed E-state index contributed by atoms with van der Waals surface area (Å²) >= 11 is 3.44. The number of carbonyl (C=O) groups is 1. The predicted molar refractivity (Wildman–Crippen MR) is 86.6 cm³/mol. The van der Waals surface area contributed by atoms with Crippen molar-refractivity contribution in [2.24, 2.45) is 5.73 Å². The average Bonchev–Trinajstić information content (AvgIpc) is 2.86. The zero-order valence-corrected chi connectivity index (χ0v) is 14.0. The van der Waals surface area contributed by atoms with Crippen LogP contribution >= 0.6 is 15.9 Å². The summed E-state index contributed by atoms with van der Waals surface area (Å²) in [5.41, 5.74) is 7.94.